The fourth-order valence-corrected chi connectivity index (χ4v) is 4.56. The molecule has 0 unspecified atom stereocenters. The molecule has 2 aromatic rings. The Kier molecular flexibility index (Phi) is 8.60. The van der Waals surface area contributed by atoms with Crippen LogP contribution in [0.1, 0.15) is 77.6 Å². The van der Waals surface area contributed by atoms with Gasteiger partial charge in [-0.2, -0.15) is 0 Å². The molecular formula is C23H35NO2S. The number of rotatable bonds is 12. The Morgan fingerprint density at radius 2 is 1.63 bits per heavy atom. The highest BCUT2D eigenvalue weighted by molar-refractivity contribution is 7.13. The molecule has 3 rings (SSSR count). The molecule has 3 nitrogen and oxygen atoms in total. The fraction of sp³-hybridized carbons (Fsp3) is 0.652. The zero-order valence-corrected chi connectivity index (χ0v) is 17.7. The molecule has 0 bridgehead atoms. The topological polar surface area (TPSA) is 23.4 Å². The Balaban J connectivity index is 1.46. The highest BCUT2D eigenvalue weighted by Crippen LogP contribution is 2.43. The Hall–Kier alpha value is -1.42. The van der Waals surface area contributed by atoms with Gasteiger partial charge >= 0.3 is 0 Å². The van der Waals surface area contributed by atoms with E-state index in [1.807, 2.05) is 0 Å². The first kappa shape index (κ1) is 20.3. The zero-order valence-electron chi connectivity index (χ0n) is 16.9. The molecule has 0 saturated carbocycles. The lowest BCUT2D eigenvalue weighted by Gasteiger charge is -2.10. The molecule has 0 N–H and O–H groups in total. The molecule has 0 radical (unpaired) electrons. The van der Waals surface area contributed by atoms with Crippen LogP contribution < -0.4 is 9.47 Å². The number of ether oxygens (including phenoxy) is 2. The summed E-state index contributed by atoms with van der Waals surface area (Å²) in [7, 11) is 0. The molecule has 0 atom stereocenters. The molecule has 2 aromatic heterocycles. The third kappa shape index (κ3) is 6.03. The van der Waals surface area contributed by atoms with Gasteiger partial charge in [-0.3, -0.25) is 0 Å². The van der Waals surface area contributed by atoms with Crippen LogP contribution in [0.25, 0.3) is 10.6 Å². The second-order valence-electron chi connectivity index (χ2n) is 7.57. The lowest BCUT2D eigenvalue weighted by Crippen LogP contribution is -2.03. The fourth-order valence-electron chi connectivity index (χ4n) is 3.78. The summed E-state index contributed by atoms with van der Waals surface area (Å²) in [6.07, 6.45) is 16.8. The highest BCUT2D eigenvalue weighted by atomic mass is 32.1. The van der Waals surface area contributed by atoms with Gasteiger partial charge < -0.3 is 14.0 Å². The molecule has 0 fully saturated rings. The first-order valence-electron chi connectivity index (χ1n) is 10.9. The number of fused-ring (bicyclic) bond motifs is 1. The van der Waals surface area contributed by atoms with Gasteiger partial charge in [0.05, 0.1) is 24.3 Å². The third-order valence-corrected chi connectivity index (χ3v) is 6.18. The molecule has 0 spiro atoms. The number of nitrogens with zero attached hydrogens (tertiary/aromatic N) is 1. The monoisotopic (exact) mass is 389 g/mol. The van der Waals surface area contributed by atoms with Gasteiger partial charge in [0.1, 0.15) is 5.69 Å². The maximum atomic E-state index is 6.04. The van der Waals surface area contributed by atoms with Crippen molar-refractivity contribution >= 4 is 11.3 Å². The van der Waals surface area contributed by atoms with E-state index in [2.05, 4.69) is 35.2 Å². The minimum Gasteiger partial charge on any atom is -0.488 e. The van der Waals surface area contributed by atoms with Gasteiger partial charge in [0.2, 0.25) is 0 Å². The van der Waals surface area contributed by atoms with Gasteiger partial charge in [0.25, 0.3) is 0 Å². The van der Waals surface area contributed by atoms with Gasteiger partial charge in [0.15, 0.2) is 11.5 Å². The van der Waals surface area contributed by atoms with E-state index in [0.29, 0.717) is 0 Å². The average Bonchev–Trinajstić information content (AvgIpc) is 3.25. The van der Waals surface area contributed by atoms with Crippen LogP contribution in [0.2, 0.25) is 0 Å². The first-order valence-corrected chi connectivity index (χ1v) is 11.8. The van der Waals surface area contributed by atoms with Gasteiger partial charge in [-0.05, 0) is 17.9 Å². The quantitative estimate of drug-likeness (QED) is 0.356. The van der Waals surface area contributed by atoms with Crippen LogP contribution in [0, 0.1) is 0 Å². The van der Waals surface area contributed by atoms with E-state index < -0.39 is 0 Å². The van der Waals surface area contributed by atoms with E-state index in [0.717, 1.165) is 37.7 Å². The second kappa shape index (κ2) is 11.4. The SMILES string of the molecule is CCCCCCCCCCCCn1cc2c(c1-c1cccs1)OCCCO2. The lowest BCUT2D eigenvalue weighted by atomic mass is 10.1. The Morgan fingerprint density at radius 1 is 0.926 bits per heavy atom. The number of thiophene rings is 1. The largest absolute Gasteiger partial charge is 0.488 e. The van der Waals surface area contributed by atoms with Crippen molar-refractivity contribution < 1.29 is 9.47 Å². The minimum atomic E-state index is 0.744. The van der Waals surface area contributed by atoms with Gasteiger partial charge in [-0.15, -0.1) is 11.3 Å². The predicted molar refractivity (Wildman–Crippen MR) is 115 cm³/mol. The highest BCUT2D eigenvalue weighted by Gasteiger charge is 2.22. The third-order valence-electron chi connectivity index (χ3n) is 5.30. The Bertz CT molecular complexity index is 648. The molecule has 1 aliphatic rings. The van der Waals surface area contributed by atoms with Crippen LogP contribution in [0.4, 0.5) is 0 Å². The standard InChI is InChI=1S/C23H35NO2S/c1-2-3-4-5-6-7-8-9-10-11-15-24-19-20-23(26-17-13-16-25-20)22(24)21-14-12-18-27-21/h12,14,18-19H,2-11,13,15-17H2,1H3. The van der Waals surface area contributed by atoms with Crippen molar-refractivity contribution in [2.75, 3.05) is 13.2 Å². The van der Waals surface area contributed by atoms with Crippen molar-refractivity contribution in [2.45, 2.75) is 84.1 Å². The van der Waals surface area contributed by atoms with Crippen LogP contribution in [-0.4, -0.2) is 17.8 Å². The van der Waals surface area contributed by atoms with E-state index in [1.54, 1.807) is 11.3 Å². The van der Waals surface area contributed by atoms with Crippen LogP contribution in [-0.2, 0) is 6.54 Å². The molecule has 150 valence electrons. The summed E-state index contributed by atoms with van der Waals surface area (Å²) in [5.74, 6) is 1.87. The van der Waals surface area contributed by atoms with Crippen molar-refractivity contribution in [1.82, 2.24) is 4.57 Å². The molecule has 0 saturated heterocycles. The summed E-state index contributed by atoms with van der Waals surface area (Å²) >= 11 is 1.78. The van der Waals surface area contributed by atoms with E-state index in [9.17, 15) is 0 Å². The summed E-state index contributed by atoms with van der Waals surface area (Å²) in [4.78, 5) is 1.27. The molecule has 0 aliphatic carbocycles. The van der Waals surface area contributed by atoms with Gasteiger partial charge in [-0.25, -0.2) is 0 Å². The van der Waals surface area contributed by atoms with Crippen LogP contribution in [0.15, 0.2) is 23.7 Å². The first-order chi connectivity index (χ1) is 13.4. The zero-order chi connectivity index (χ0) is 18.7. The summed E-state index contributed by atoms with van der Waals surface area (Å²) in [6, 6.07) is 4.30. The number of unbranched alkanes of at least 4 members (excludes halogenated alkanes) is 9. The predicted octanol–water partition coefficient (Wildman–Crippen LogP) is 7.30. The summed E-state index contributed by atoms with van der Waals surface area (Å²) in [5, 5.41) is 2.14. The van der Waals surface area contributed by atoms with Crippen molar-refractivity contribution in [1.29, 1.82) is 0 Å². The van der Waals surface area contributed by atoms with Crippen molar-refractivity contribution in [3.8, 4) is 22.1 Å². The minimum absolute atomic E-state index is 0.744. The van der Waals surface area contributed by atoms with E-state index >= 15 is 0 Å². The molecule has 4 heteroatoms. The molecule has 3 heterocycles. The average molecular weight is 390 g/mol. The Labute approximate surface area is 168 Å². The molecule has 1 aliphatic heterocycles. The van der Waals surface area contributed by atoms with Crippen molar-refractivity contribution in [2.24, 2.45) is 0 Å². The van der Waals surface area contributed by atoms with E-state index in [4.69, 9.17) is 9.47 Å². The van der Waals surface area contributed by atoms with E-state index in [1.165, 1.54) is 74.8 Å². The maximum absolute atomic E-state index is 6.04. The Morgan fingerprint density at radius 3 is 2.33 bits per heavy atom. The maximum Gasteiger partial charge on any atom is 0.187 e. The molecule has 27 heavy (non-hydrogen) atoms. The molecule has 0 amide bonds. The lowest BCUT2D eigenvalue weighted by molar-refractivity contribution is 0.294. The molecular weight excluding hydrogens is 354 g/mol. The molecule has 0 aromatic carbocycles. The van der Waals surface area contributed by atoms with Crippen LogP contribution >= 0.6 is 11.3 Å². The summed E-state index contributed by atoms with van der Waals surface area (Å²) in [5.41, 5.74) is 1.21. The van der Waals surface area contributed by atoms with E-state index in [-0.39, 0.29) is 0 Å². The summed E-state index contributed by atoms with van der Waals surface area (Å²) in [6.45, 7) is 4.82. The van der Waals surface area contributed by atoms with Gasteiger partial charge in [-0.1, -0.05) is 70.8 Å². The number of aromatic nitrogens is 1. The number of hydrogen-bond donors (Lipinski definition) is 0. The second-order valence-corrected chi connectivity index (χ2v) is 8.52. The van der Waals surface area contributed by atoms with Crippen molar-refractivity contribution in [3.05, 3.63) is 23.7 Å². The van der Waals surface area contributed by atoms with Crippen LogP contribution in [0.5, 0.6) is 11.5 Å². The van der Waals surface area contributed by atoms with Crippen molar-refractivity contribution in [3.63, 3.8) is 0 Å². The smallest absolute Gasteiger partial charge is 0.187 e. The number of hydrogen-bond acceptors (Lipinski definition) is 3. The van der Waals surface area contributed by atoms with Gasteiger partial charge in [0, 0.05) is 13.0 Å². The summed E-state index contributed by atoms with van der Waals surface area (Å²) < 4.78 is 14.3. The number of aryl methyl sites for hydroxylation is 1. The normalized spacial score (nSPS) is 13.7. The van der Waals surface area contributed by atoms with Crippen LogP contribution in [0.3, 0.4) is 0 Å².